The highest BCUT2D eigenvalue weighted by molar-refractivity contribution is 7.07. The normalized spacial score (nSPS) is 15.0. The van der Waals surface area contributed by atoms with Crippen LogP contribution < -0.4 is 19.6 Å². The third-order valence-electron chi connectivity index (χ3n) is 6.69. The van der Waals surface area contributed by atoms with Gasteiger partial charge in [-0.3, -0.25) is 9.36 Å². The lowest BCUT2D eigenvalue weighted by Gasteiger charge is -2.24. The van der Waals surface area contributed by atoms with Crippen molar-refractivity contribution in [3.63, 3.8) is 0 Å². The number of aromatic nitrogens is 1. The molecule has 41 heavy (non-hydrogen) atoms. The number of hydrogen-bond acceptors (Lipinski definition) is 6. The highest BCUT2D eigenvalue weighted by Gasteiger charge is 2.33. The number of esters is 1. The Balaban J connectivity index is 1.55. The fraction of sp³-hybridized carbons (Fsp3) is 0.219. The monoisotopic (exact) mass is 606 g/mol. The SMILES string of the molecule is CCOC(=O)C1=C(C)N=c2s/c(=C/c3cc(Cl)c(OCc4cccc(C)c4)c(Cl)c3)c(=O)n2[C@@H]1c1ccc(C)cc1. The number of carbonyl (C=O) groups excluding carboxylic acids is 1. The van der Waals surface area contributed by atoms with Gasteiger partial charge in [-0.25, -0.2) is 9.79 Å². The molecule has 0 N–H and O–H groups in total. The van der Waals surface area contributed by atoms with E-state index in [0.717, 1.165) is 22.3 Å². The molecule has 0 bridgehead atoms. The van der Waals surface area contributed by atoms with Crippen LogP contribution in [0.5, 0.6) is 5.75 Å². The molecule has 0 radical (unpaired) electrons. The molecule has 3 aromatic carbocycles. The van der Waals surface area contributed by atoms with E-state index in [-0.39, 0.29) is 12.2 Å². The van der Waals surface area contributed by atoms with Crippen LogP contribution in [0.15, 0.2) is 81.7 Å². The zero-order chi connectivity index (χ0) is 29.3. The second-order valence-corrected chi connectivity index (χ2v) is 11.6. The van der Waals surface area contributed by atoms with Gasteiger partial charge in [0.25, 0.3) is 5.56 Å². The summed E-state index contributed by atoms with van der Waals surface area (Å²) in [5.41, 5.74) is 5.22. The standard InChI is InChI=1S/C32H28Cl2N2O4S/c1-5-39-31(38)27-20(4)35-32-36(28(27)23-11-9-18(2)10-12-23)30(37)26(41-32)16-22-14-24(33)29(25(34)15-22)40-17-21-8-6-7-19(3)13-21/h6-16,28H,5,17H2,1-4H3/b26-16+/t28-/m1/s1. The molecule has 210 valence electrons. The molecule has 0 saturated heterocycles. The van der Waals surface area contributed by atoms with Crippen molar-refractivity contribution in [3.05, 3.63) is 129 Å². The number of allylic oxidation sites excluding steroid dienone is 1. The van der Waals surface area contributed by atoms with Crippen LogP contribution in [-0.4, -0.2) is 17.1 Å². The molecule has 1 aromatic heterocycles. The molecule has 1 atom stereocenters. The van der Waals surface area contributed by atoms with Gasteiger partial charge in [0.1, 0.15) is 6.61 Å². The molecule has 9 heteroatoms. The Morgan fingerprint density at radius 2 is 1.73 bits per heavy atom. The number of hydrogen-bond donors (Lipinski definition) is 0. The quantitative estimate of drug-likeness (QED) is 0.231. The van der Waals surface area contributed by atoms with Gasteiger partial charge in [0.2, 0.25) is 0 Å². The molecule has 4 aromatic rings. The molecule has 6 nitrogen and oxygen atoms in total. The Bertz CT molecular complexity index is 1830. The van der Waals surface area contributed by atoms with Crippen molar-refractivity contribution < 1.29 is 14.3 Å². The van der Waals surface area contributed by atoms with E-state index in [2.05, 4.69) is 4.99 Å². The van der Waals surface area contributed by atoms with Crippen LogP contribution in [0.1, 0.15) is 47.7 Å². The average molecular weight is 608 g/mol. The Kier molecular flexibility index (Phi) is 8.50. The van der Waals surface area contributed by atoms with Crippen molar-refractivity contribution in [1.29, 1.82) is 0 Å². The lowest BCUT2D eigenvalue weighted by molar-refractivity contribution is -0.139. The number of ether oxygens (including phenoxy) is 2. The van der Waals surface area contributed by atoms with Crippen molar-refractivity contribution in [2.24, 2.45) is 4.99 Å². The topological polar surface area (TPSA) is 69.9 Å². The third-order valence-corrected chi connectivity index (χ3v) is 8.24. The summed E-state index contributed by atoms with van der Waals surface area (Å²) in [7, 11) is 0. The summed E-state index contributed by atoms with van der Waals surface area (Å²) in [5.74, 6) is -0.115. The first kappa shape index (κ1) is 28.9. The number of nitrogens with zero attached hydrogens (tertiary/aromatic N) is 2. The van der Waals surface area contributed by atoms with E-state index in [1.165, 1.54) is 11.3 Å². The fourth-order valence-corrected chi connectivity index (χ4v) is 6.42. The predicted octanol–water partition coefficient (Wildman–Crippen LogP) is 6.30. The summed E-state index contributed by atoms with van der Waals surface area (Å²) in [4.78, 5) is 32.0. The third kappa shape index (κ3) is 6.03. The van der Waals surface area contributed by atoms with E-state index < -0.39 is 12.0 Å². The van der Waals surface area contributed by atoms with E-state index in [4.69, 9.17) is 32.7 Å². The van der Waals surface area contributed by atoms with Crippen molar-refractivity contribution in [3.8, 4) is 5.75 Å². The Morgan fingerprint density at radius 1 is 1.02 bits per heavy atom. The van der Waals surface area contributed by atoms with E-state index in [1.807, 2.05) is 62.4 Å². The molecule has 5 rings (SSSR count). The molecule has 0 aliphatic carbocycles. The highest BCUT2D eigenvalue weighted by atomic mass is 35.5. The zero-order valence-corrected chi connectivity index (χ0v) is 25.4. The molecule has 0 amide bonds. The number of carbonyl (C=O) groups is 1. The van der Waals surface area contributed by atoms with Gasteiger partial charge >= 0.3 is 5.97 Å². The molecule has 1 aliphatic heterocycles. The number of thiazole rings is 1. The molecule has 0 fully saturated rings. The van der Waals surface area contributed by atoms with Gasteiger partial charge in [-0.1, -0.05) is 94.2 Å². The van der Waals surface area contributed by atoms with Crippen molar-refractivity contribution in [2.75, 3.05) is 6.61 Å². The second-order valence-electron chi connectivity index (χ2n) is 9.80. The minimum absolute atomic E-state index is 0.215. The highest BCUT2D eigenvalue weighted by Crippen LogP contribution is 2.35. The Morgan fingerprint density at radius 3 is 2.39 bits per heavy atom. The lowest BCUT2D eigenvalue weighted by atomic mass is 9.95. The zero-order valence-electron chi connectivity index (χ0n) is 23.0. The average Bonchev–Trinajstić information content (AvgIpc) is 3.22. The van der Waals surface area contributed by atoms with Gasteiger partial charge < -0.3 is 9.47 Å². The molecular formula is C32H28Cl2N2O4S. The number of benzene rings is 3. The number of aryl methyl sites for hydroxylation is 2. The van der Waals surface area contributed by atoms with E-state index in [9.17, 15) is 9.59 Å². The fourth-order valence-electron chi connectivity index (χ4n) is 4.77. The van der Waals surface area contributed by atoms with Crippen LogP contribution in [0.2, 0.25) is 10.0 Å². The van der Waals surface area contributed by atoms with Crippen molar-refractivity contribution in [1.82, 2.24) is 4.57 Å². The van der Waals surface area contributed by atoms with Crippen LogP contribution in [0, 0.1) is 13.8 Å². The molecule has 0 saturated carbocycles. The molecule has 0 spiro atoms. The Hall–Kier alpha value is -3.65. The summed E-state index contributed by atoms with van der Waals surface area (Å²) in [6, 6.07) is 18.5. The first-order valence-corrected chi connectivity index (χ1v) is 14.7. The van der Waals surface area contributed by atoms with Crippen molar-refractivity contribution >= 4 is 46.6 Å². The van der Waals surface area contributed by atoms with Crippen LogP contribution in [0.25, 0.3) is 6.08 Å². The minimum atomic E-state index is -0.669. The van der Waals surface area contributed by atoms with Gasteiger partial charge in [0.15, 0.2) is 10.6 Å². The minimum Gasteiger partial charge on any atom is -0.486 e. The molecule has 0 unspecified atom stereocenters. The van der Waals surface area contributed by atoms with Crippen LogP contribution in [0.4, 0.5) is 0 Å². The number of halogens is 2. The first-order chi connectivity index (χ1) is 19.7. The Labute approximate surface area is 251 Å². The molecule has 2 heterocycles. The second kappa shape index (κ2) is 12.1. The predicted molar refractivity (Wildman–Crippen MR) is 164 cm³/mol. The van der Waals surface area contributed by atoms with E-state index >= 15 is 0 Å². The van der Waals surface area contributed by atoms with Crippen LogP contribution in [0.3, 0.4) is 0 Å². The van der Waals surface area contributed by atoms with Gasteiger partial charge in [0.05, 0.1) is 38.5 Å². The summed E-state index contributed by atoms with van der Waals surface area (Å²) in [5, 5.41) is 0.671. The van der Waals surface area contributed by atoms with Gasteiger partial charge in [-0.2, -0.15) is 0 Å². The molecular weight excluding hydrogens is 579 g/mol. The van der Waals surface area contributed by atoms with E-state index in [0.29, 0.717) is 48.6 Å². The number of rotatable bonds is 7. The first-order valence-electron chi connectivity index (χ1n) is 13.1. The lowest BCUT2D eigenvalue weighted by Crippen LogP contribution is -2.39. The van der Waals surface area contributed by atoms with Gasteiger partial charge in [0, 0.05) is 0 Å². The summed E-state index contributed by atoms with van der Waals surface area (Å²) >= 11 is 14.4. The largest absolute Gasteiger partial charge is 0.486 e. The maximum Gasteiger partial charge on any atom is 0.338 e. The van der Waals surface area contributed by atoms with Crippen LogP contribution >= 0.6 is 34.5 Å². The van der Waals surface area contributed by atoms with Crippen molar-refractivity contribution in [2.45, 2.75) is 40.3 Å². The van der Waals surface area contributed by atoms with E-state index in [1.54, 1.807) is 36.6 Å². The molecule has 1 aliphatic rings. The smallest absolute Gasteiger partial charge is 0.338 e. The van der Waals surface area contributed by atoms with Gasteiger partial charge in [-0.05, 0) is 62.6 Å². The maximum absolute atomic E-state index is 13.8. The summed E-state index contributed by atoms with van der Waals surface area (Å²) in [6.07, 6.45) is 1.72. The summed E-state index contributed by atoms with van der Waals surface area (Å²) < 4.78 is 13.3. The van der Waals surface area contributed by atoms with Crippen LogP contribution in [-0.2, 0) is 16.1 Å². The van der Waals surface area contributed by atoms with Gasteiger partial charge in [-0.15, -0.1) is 0 Å². The number of fused-ring (bicyclic) bond motifs is 1. The maximum atomic E-state index is 13.8. The summed E-state index contributed by atoms with van der Waals surface area (Å²) in [6.45, 7) is 8.05.